The minimum atomic E-state index is -1.02. The van der Waals surface area contributed by atoms with Gasteiger partial charge in [-0.25, -0.2) is 9.59 Å². The molecule has 0 radical (unpaired) electrons. The number of halogens is 2. The van der Waals surface area contributed by atoms with E-state index >= 15 is 0 Å². The summed E-state index contributed by atoms with van der Waals surface area (Å²) in [5.41, 5.74) is 10.6. The molecule has 0 aliphatic carbocycles. The minimum Gasteiger partial charge on any atom is -0.478 e. The molecule has 0 spiro atoms. The lowest BCUT2D eigenvalue weighted by atomic mass is 9.97. The van der Waals surface area contributed by atoms with Crippen molar-refractivity contribution < 1.29 is 19.4 Å². The third kappa shape index (κ3) is 8.01. The van der Waals surface area contributed by atoms with Gasteiger partial charge < -0.3 is 19.0 Å². The Kier molecular flexibility index (Phi) is 10.8. The fourth-order valence-electron chi connectivity index (χ4n) is 6.97. The average molecular weight is 768 g/mol. The van der Waals surface area contributed by atoms with Gasteiger partial charge in [0.15, 0.2) is 0 Å². The van der Waals surface area contributed by atoms with E-state index in [9.17, 15) is 14.7 Å². The summed E-state index contributed by atoms with van der Waals surface area (Å²) >= 11 is 12.0. The Bertz CT molecular complexity index is 2690. The van der Waals surface area contributed by atoms with E-state index in [1.807, 2.05) is 56.7 Å². The number of ether oxygens (including phenoxy) is 1. The smallest absolute Gasteiger partial charge is 0.339 e. The van der Waals surface area contributed by atoms with Crippen molar-refractivity contribution in [1.82, 2.24) is 19.1 Å². The summed E-state index contributed by atoms with van der Waals surface area (Å²) in [6.07, 6.45) is 8.06. The van der Waals surface area contributed by atoms with Crippen molar-refractivity contribution in [2.24, 2.45) is 14.1 Å². The molecule has 0 atom stereocenters. The van der Waals surface area contributed by atoms with Gasteiger partial charge in [0, 0.05) is 73.6 Å². The number of aromatic carboxylic acids is 1. The van der Waals surface area contributed by atoms with Gasteiger partial charge in [-0.3, -0.25) is 9.97 Å². The van der Waals surface area contributed by atoms with Crippen molar-refractivity contribution in [1.29, 1.82) is 0 Å². The number of pyridine rings is 2. The quantitative estimate of drug-likeness (QED) is 0.155. The van der Waals surface area contributed by atoms with Gasteiger partial charge in [0.1, 0.15) is 0 Å². The number of carboxylic acid groups (broad SMARTS) is 1. The van der Waals surface area contributed by atoms with Crippen molar-refractivity contribution in [3.63, 3.8) is 0 Å². The van der Waals surface area contributed by atoms with Crippen molar-refractivity contribution in [2.45, 2.75) is 12.8 Å². The second-order valence-corrected chi connectivity index (χ2v) is 14.1. The van der Waals surface area contributed by atoms with Crippen LogP contribution >= 0.6 is 23.2 Å². The van der Waals surface area contributed by atoms with Crippen LogP contribution in [0.3, 0.4) is 0 Å². The highest BCUT2D eigenvalue weighted by Crippen LogP contribution is 2.33. The molecule has 0 saturated heterocycles. The molecular weight excluding hydrogens is 731 g/mol. The fourth-order valence-corrected chi connectivity index (χ4v) is 7.28. The van der Waals surface area contributed by atoms with Crippen LogP contribution in [0.2, 0.25) is 10.0 Å². The van der Waals surface area contributed by atoms with E-state index in [1.54, 1.807) is 12.3 Å². The first-order valence-electron chi connectivity index (χ1n) is 17.5. The van der Waals surface area contributed by atoms with Crippen LogP contribution in [0.25, 0.3) is 44.1 Å². The van der Waals surface area contributed by atoms with E-state index in [1.165, 1.54) is 24.9 Å². The van der Waals surface area contributed by atoms with Crippen molar-refractivity contribution in [3.8, 4) is 22.3 Å². The number of aromatic nitrogens is 4. The van der Waals surface area contributed by atoms with Crippen LogP contribution in [0.15, 0.2) is 134 Å². The highest BCUT2D eigenvalue weighted by molar-refractivity contribution is 6.31. The van der Waals surface area contributed by atoms with Gasteiger partial charge in [0.05, 0.1) is 50.7 Å². The van der Waals surface area contributed by atoms with Crippen LogP contribution in [0, 0.1) is 0 Å². The summed E-state index contributed by atoms with van der Waals surface area (Å²) in [5, 5.41) is 12.5. The Morgan fingerprint density at radius 1 is 0.636 bits per heavy atom. The second kappa shape index (κ2) is 16.0. The monoisotopic (exact) mass is 766 g/mol. The van der Waals surface area contributed by atoms with E-state index < -0.39 is 11.9 Å². The number of esters is 1. The first-order valence-corrected chi connectivity index (χ1v) is 18.2. The lowest BCUT2D eigenvalue weighted by molar-refractivity contribution is 0.0598. The number of carbonyl (C=O) groups excluding carboxylic acids is 1. The number of hydrogen-bond acceptors (Lipinski definition) is 5. The zero-order chi connectivity index (χ0) is 38.6. The number of fused-ring (bicyclic) bond motifs is 2. The third-order valence-corrected chi connectivity index (χ3v) is 9.89. The normalized spacial score (nSPS) is 11.0. The van der Waals surface area contributed by atoms with Crippen LogP contribution in [0.4, 0.5) is 0 Å². The van der Waals surface area contributed by atoms with Crippen molar-refractivity contribution in [3.05, 3.63) is 178 Å². The summed E-state index contributed by atoms with van der Waals surface area (Å²) < 4.78 is 9.12. The Balaban J connectivity index is 0.000000169. The molecule has 8 aromatic rings. The predicted molar refractivity (Wildman–Crippen MR) is 219 cm³/mol. The predicted octanol–water partition coefficient (Wildman–Crippen LogP) is 10.5. The maximum atomic E-state index is 12.2. The summed E-state index contributed by atoms with van der Waals surface area (Å²) in [7, 11) is 5.43. The lowest BCUT2D eigenvalue weighted by Gasteiger charge is -2.12. The van der Waals surface area contributed by atoms with Crippen LogP contribution in [-0.4, -0.2) is 43.3 Å². The number of rotatable bonds is 8. The number of aryl methyl sites for hydroxylation is 2. The van der Waals surface area contributed by atoms with Gasteiger partial charge in [-0.15, -0.1) is 0 Å². The van der Waals surface area contributed by atoms with Gasteiger partial charge in [-0.05, 0) is 70.8 Å². The maximum Gasteiger partial charge on any atom is 0.339 e. The lowest BCUT2D eigenvalue weighted by Crippen LogP contribution is -2.08. The summed E-state index contributed by atoms with van der Waals surface area (Å²) in [4.78, 5) is 32.4. The molecule has 10 heteroatoms. The Labute approximate surface area is 328 Å². The molecule has 0 saturated carbocycles. The Morgan fingerprint density at radius 2 is 1.07 bits per heavy atom. The molecule has 1 N–H and O–H groups in total. The molecule has 4 aromatic heterocycles. The number of carbonyl (C=O) groups is 2. The van der Waals surface area contributed by atoms with Crippen molar-refractivity contribution >= 4 is 56.9 Å². The molecule has 0 fully saturated rings. The standard InChI is InChI=1S/C23H19ClN2O2.C22H17ClN2O2/c1-26-9-8-17-10-15(11-19(22(17)26)16-6-4-3-5-7-16)12-21-20(23(27)28-2)13-18(24)14-25-21;1-25-8-7-16-9-14(10-18(21(16)25)15-5-3-2-4-6-15)11-20-19(22(26)27)12-17(23)13-24-20/h3-11,13-14H,12H2,1-2H3;2-10,12-13H,11H2,1H3,(H,26,27). The van der Waals surface area contributed by atoms with Crippen LogP contribution in [-0.2, 0) is 31.7 Å². The number of methoxy groups -OCH3 is 1. The summed E-state index contributed by atoms with van der Waals surface area (Å²) in [5.74, 6) is -1.46. The largest absolute Gasteiger partial charge is 0.478 e. The summed E-state index contributed by atoms with van der Waals surface area (Å²) in [6, 6.07) is 36.2. The minimum absolute atomic E-state index is 0.136. The molecule has 0 aliphatic rings. The second-order valence-electron chi connectivity index (χ2n) is 13.2. The molecule has 274 valence electrons. The molecule has 55 heavy (non-hydrogen) atoms. The summed E-state index contributed by atoms with van der Waals surface area (Å²) in [6.45, 7) is 0. The molecule has 8 rings (SSSR count). The van der Waals surface area contributed by atoms with E-state index in [0.717, 1.165) is 49.7 Å². The van der Waals surface area contributed by atoms with Gasteiger partial charge in [0.2, 0.25) is 0 Å². The number of nitrogens with zero attached hydrogens (tertiary/aromatic N) is 4. The van der Waals surface area contributed by atoms with E-state index in [-0.39, 0.29) is 5.56 Å². The van der Waals surface area contributed by atoms with Crippen LogP contribution < -0.4 is 0 Å². The Hall–Kier alpha value is -6.22. The van der Waals surface area contributed by atoms with Gasteiger partial charge in [-0.1, -0.05) is 83.9 Å². The Morgan fingerprint density at radius 3 is 1.51 bits per heavy atom. The zero-order valence-corrected chi connectivity index (χ0v) is 31.8. The number of carboxylic acids is 1. The average Bonchev–Trinajstić information content (AvgIpc) is 3.77. The molecule has 0 bridgehead atoms. The van der Waals surface area contributed by atoms with E-state index in [2.05, 4.69) is 86.0 Å². The number of hydrogen-bond donors (Lipinski definition) is 1. The first-order chi connectivity index (χ1) is 26.6. The molecule has 0 aliphatic heterocycles. The van der Waals surface area contributed by atoms with Crippen LogP contribution in [0.5, 0.6) is 0 Å². The van der Waals surface area contributed by atoms with Gasteiger partial charge >= 0.3 is 11.9 Å². The zero-order valence-electron chi connectivity index (χ0n) is 30.3. The molecule has 0 amide bonds. The molecule has 8 nitrogen and oxygen atoms in total. The molecular formula is C45H36Cl2N4O4. The first kappa shape index (κ1) is 37.1. The molecule has 4 aromatic carbocycles. The highest BCUT2D eigenvalue weighted by Gasteiger charge is 2.18. The van der Waals surface area contributed by atoms with Crippen molar-refractivity contribution in [2.75, 3.05) is 7.11 Å². The highest BCUT2D eigenvalue weighted by atomic mass is 35.5. The fraction of sp³-hybridized carbons (Fsp3) is 0.111. The SMILES string of the molecule is COC(=O)c1cc(Cl)cnc1Cc1cc(-c2ccccc2)c2c(ccn2C)c1.Cn1ccc2cc(Cc3ncc(Cl)cc3C(=O)O)cc(-c3ccccc3)c21. The van der Waals surface area contributed by atoms with E-state index in [0.29, 0.717) is 39.8 Å². The molecule has 4 heterocycles. The molecule has 0 unspecified atom stereocenters. The third-order valence-electron chi connectivity index (χ3n) is 9.48. The van der Waals surface area contributed by atoms with Gasteiger partial charge in [0.25, 0.3) is 0 Å². The van der Waals surface area contributed by atoms with Gasteiger partial charge in [-0.2, -0.15) is 0 Å². The van der Waals surface area contributed by atoms with E-state index in [4.69, 9.17) is 27.9 Å². The number of benzene rings is 4. The topological polar surface area (TPSA) is 99.2 Å². The maximum absolute atomic E-state index is 12.2. The van der Waals surface area contributed by atoms with Crippen LogP contribution in [0.1, 0.15) is 43.2 Å².